The van der Waals surface area contributed by atoms with E-state index in [4.69, 9.17) is 4.74 Å². The molecule has 2 aromatic rings. The summed E-state index contributed by atoms with van der Waals surface area (Å²) < 4.78 is 32.3. The summed E-state index contributed by atoms with van der Waals surface area (Å²) >= 11 is 0. The molecule has 0 atom stereocenters. The summed E-state index contributed by atoms with van der Waals surface area (Å²) in [6.45, 7) is 0. The molecule has 0 fully saturated rings. The molecular formula is C20H21NO4S. The molecule has 1 amide bonds. The summed E-state index contributed by atoms with van der Waals surface area (Å²) in [5.41, 5.74) is 2.93. The molecule has 0 spiro atoms. The molecule has 1 N–H and O–H groups in total. The van der Waals surface area contributed by atoms with Crippen molar-refractivity contribution in [3.05, 3.63) is 70.1 Å². The summed E-state index contributed by atoms with van der Waals surface area (Å²) in [5, 5.41) is 0. The number of hydrogen-bond acceptors (Lipinski definition) is 4. The lowest BCUT2D eigenvalue weighted by atomic mass is 9.98. The number of amides is 1. The fraction of sp³-hybridized carbons (Fsp3) is 0.250. The van der Waals surface area contributed by atoms with Gasteiger partial charge in [-0.25, -0.2) is 13.1 Å². The molecular weight excluding hydrogens is 350 g/mol. The SMILES string of the molecule is COc1cccc(CCC(=O)NS(=O)(=O)C2=Cc3ccccc3CC2)c1. The molecule has 26 heavy (non-hydrogen) atoms. The molecule has 5 nitrogen and oxygen atoms in total. The Morgan fingerprint density at radius 2 is 1.92 bits per heavy atom. The molecule has 1 aliphatic rings. The van der Waals surface area contributed by atoms with E-state index in [1.54, 1.807) is 13.2 Å². The third kappa shape index (κ3) is 4.32. The maximum Gasteiger partial charge on any atom is 0.260 e. The number of fused-ring (bicyclic) bond motifs is 1. The van der Waals surface area contributed by atoms with Crippen molar-refractivity contribution in [3.63, 3.8) is 0 Å². The topological polar surface area (TPSA) is 72.5 Å². The van der Waals surface area contributed by atoms with Crippen molar-refractivity contribution in [1.82, 2.24) is 4.72 Å². The van der Waals surface area contributed by atoms with Gasteiger partial charge in [0.05, 0.1) is 12.0 Å². The fourth-order valence-corrected chi connectivity index (χ4v) is 4.16. The van der Waals surface area contributed by atoms with E-state index in [0.717, 1.165) is 16.7 Å². The predicted octanol–water partition coefficient (Wildman–Crippen LogP) is 3.06. The minimum Gasteiger partial charge on any atom is -0.497 e. The second-order valence-corrected chi connectivity index (χ2v) is 7.93. The Balaban J connectivity index is 1.64. The van der Waals surface area contributed by atoms with E-state index in [2.05, 4.69) is 4.72 Å². The van der Waals surface area contributed by atoms with Crippen LogP contribution in [0.1, 0.15) is 29.5 Å². The van der Waals surface area contributed by atoms with E-state index in [1.807, 2.05) is 48.5 Å². The summed E-state index contributed by atoms with van der Waals surface area (Å²) in [7, 11) is -2.23. The second kappa shape index (κ2) is 7.74. The number of rotatable bonds is 6. The number of nitrogens with one attached hydrogen (secondary N) is 1. The van der Waals surface area contributed by atoms with E-state index in [-0.39, 0.29) is 11.3 Å². The highest BCUT2D eigenvalue weighted by Crippen LogP contribution is 2.26. The predicted molar refractivity (Wildman–Crippen MR) is 101 cm³/mol. The average molecular weight is 371 g/mol. The number of sulfonamides is 1. The highest BCUT2D eigenvalue weighted by Gasteiger charge is 2.23. The molecule has 1 aliphatic carbocycles. The Morgan fingerprint density at radius 1 is 1.12 bits per heavy atom. The maximum atomic E-state index is 12.5. The first kappa shape index (κ1) is 18.2. The number of hydrogen-bond donors (Lipinski definition) is 1. The van der Waals surface area contributed by atoms with Crippen LogP contribution in [-0.4, -0.2) is 21.4 Å². The molecule has 0 aliphatic heterocycles. The number of ether oxygens (including phenoxy) is 1. The van der Waals surface area contributed by atoms with Gasteiger partial charge >= 0.3 is 0 Å². The lowest BCUT2D eigenvalue weighted by Gasteiger charge is -2.17. The Labute approximate surface area is 153 Å². The van der Waals surface area contributed by atoms with Crippen LogP contribution in [0.2, 0.25) is 0 Å². The van der Waals surface area contributed by atoms with Crippen molar-refractivity contribution in [2.24, 2.45) is 0 Å². The molecule has 0 bridgehead atoms. The standard InChI is InChI=1S/C20H21NO4S/c1-25-18-8-4-5-15(13-18)9-12-20(22)21-26(23,24)19-11-10-16-6-2-3-7-17(16)14-19/h2-8,13-14H,9-12H2,1H3,(H,21,22). The first-order valence-electron chi connectivity index (χ1n) is 8.45. The molecule has 0 unspecified atom stereocenters. The van der Waals surface area contributed by atoms with Gasteiger partial charge in [0, 0.05) is 6.42 Å². The van der Waals surface area contributed by atoms with Gasteiger partial charge in [-0.3, -0.25) is 4.79 Å². The Morgan fingerprint density at radius 3 is 2.73 bits per heavy atom. The highest BCUT2D eigenvalue weighted by molar-refractivity contribution is 7.94. The first-order chi connectivity index (χ1) is 12.5. The lowest BCUT2D eigenvalue weighted by Crippen LogP contribution is -2.32. The van der Waals surface area contributed by atoms with Gasteiger partial charge in [0.25, 0.3) is 10.0 Å². The number of carbonyl (C=O) groups is 1. The van der Waals surface area contributed by atoms with Crippen molar-refractivity contribution in [2.45, 2.75) is 25.7 Å². The van der Waals surface area contributed by atoms with Crippen molar-refractivity contribution >= 4 is 22.0 Å². The number of carbonyl (C=O) groups excluding carboxylic acids is 1. The van der Waals surface area contributed by atoms with Crippen LogP contribution in [0.25, 0.3) is 6.08 Å². The third-order valence-corrected chi connectivity index (χ3v) is 5.89. The third-order valence-electron chi connectivity index (χ3n) is 4.38. The Bertz CT molecular complexity index is 948. The summed E-state index contributed by atoms with van der Waals surface area (Å²) in [6, 6.07) is 15.1. The van der Waals surface area contributed by atoms with Gasteiger partial charge in [0.2, 0.25) is 5.91 Å². The number of methoxy groups -OCH3 is 1. The number of benzene rings is 2. The van der Waals surface area contributed by atoms with Crippen LogP contribution in [0.3, 0.4) is 0 Å². The molecule has 0 saturated carbocycles. The number of allylic oxidation sites excluding steroid dienone is 1. The first-order valence-corrected chi connectivity index (χ1v) is 9.93. The van der Waals surface area contributed by atoms with E-state index in [9.17, 15) is 13.2 Å². The van der Waals surface area contributed by atoms with Crippen LogP contribution in [0.5, 0.6) is 5.75 Å². The minimum absolute atomic E-state index is 0.0935. The minimum atomic E-state index is -3.81. The summed E-state index contributed by atoms with van der Waals surface area (Å²) in [5.74, 6) is 0.203. The lowest BCUT2D eigenvalue weighted by molar-refractivity contribution is -0.119. The largest absolute Gasteiger partial charge is 0.497 e. The molecule has 0 saturated heterocycles. The fourth-order valence-electron chi connectivity index (χ4n) is 2.97. The molecule has 136 valence electrons. The van der Waals surface area contributed by atoms with Crippen molar-refractivity contribution in [3.8, 4) is 5.75 Å². The van der Waals surface area contributed by atoms with E-state index < -0.39 is 15.9 Å². The van der Waals surface area contributed by atoms with E-state index in [1.165, 1.54) is 0 Å². The van der Waals surface area contributed by atoms with Gasteiger partial charge in [-0.1, -0.05) is 36.4 Å². The summed E-state index contributed by atoms with van der Waals surface area (Å²) in [4.78, 5) is 12.4. The van der Waals surface area contributed by atoms with Gasteiger partial charge in [-0.15, -0.1) is 0 Å². The van der Waals surface area contributed by atoms with Crippen molar-refractivity contribution in [1.29, 1.82) is 0 Å². The van der Waals surface area contributed by atoms with Crippen LogP contribution in [-0.2, 0) is 27.7 Å². The van der Waals surface area contributed by atoms with Gasteiger partial charge in [-0.2, -0.15) is 0 Å². The smallest absolute Gasteiger partial charge is 0.260 e. The number of aryl methyl sites for hydroxylation is 2. The zero-order valence-corrected chi connectivity index (χ0v) is 15.4. The average Bonchev–Trinajstić information content (AvgIpc) is 2.66. The molecule has 0 aromatic heterocycles. The zero-order chi connectivity index (χ0) is 18.6. The Kier molecular flexibility index (Phi) is 5.42. The molecule has 2 aromatic carbocycles. The molecule has 6 heteroatoms. The maximum absolute atomic E-state index is 12.5. The van der Waals surface area contributed by atoms with E-state index >= 15 is 0 Å². The zero-order valence-electron chi connectivity index (χ0n) is 14.6. The van der Waals surface area contributed by atoms with Crippen LogP contribution < -0.4 is 9.46 Å². The normalized spacial score (nSPS) is 13.5. The van der Waals surface area contributed by atoms with Crippen LogP contribution in [0.4, 0.5) is 0 Å². The summed E-state index contributed by atoms with van der Waals surface area (Å²) in [6.07, 6.45) is 3.24. The highest BCUT2D eigenvalue weighted by atomic mass is 32.2. The quantitative estimate of drug-likeness (QED) is 0.847. The van der Waals surface area contributed by atoms with Gasteiger partial charge in [-0.05, 0) is 54.2 Å². The molecule has 0 radical (unpaired) electrons. The second-order valence-electron chi connectivity index (χ2n) is 6.19. The molecule has 3 rings (SSSR count). The van der Waals surface area contributed by atoms with Crippen LogP contribution in [0, 0.1) is 0 Å². The monoisotopic (exact) mass is 371 g/mol. The van der Waals surface area contributed by atoms with Gasteiger partial charge in [0.15, 0.2) is 0 Å². The Hall–Kier alpha value is -2.60. The van der Waals surface area contributed by atoms with Gasteiger partial charge in [0.1, 0.15) is 5.75 Å². The van der Waals surface area contributed by atoms with Crippen molar-refractivity contribution < 1.29 is 17.9 Å². The van der Waals surface area contributed by atoms with Crippen LogP contribution >= 0.6 is 0 Å². The van der Waals surface area contributed by atoms with E-state index in [0.29, 0.717) is 25.0 Å². The van der Waals surface area contributed by atoms with Crippen LogP contribution in [0.15, 0.2) is 53.4 Å². The van der Waals surface area contributed by atoms with Gasteiger partial charge < -0.3 is 4.74 Å². The molecule has 0 heterocycles. The van der Waals surface area contributed by atoms with Crippen molar-refractivity contribution in [2.75, 3.05) is 7.11 Å².